The summed E-state index contributed by atoms with van der Waals surface area (Å²) in [7, 11) is 1.73. The number of rotatable bonds is 8. The maximum absolute atomic E-state index is 12.1. The van der Waals surface area contributed by atoms with Crippen molar-refractivity contribution in [2.75, 3.05) is 20.2 Å². The third kappa shape index (κ3) is 7.46. The number of ether oxygens (including phenoxy) is 1. The first-order chi connectivity index (χ1) is 13.9. The number of hydrogen-bond donors (Lipinski definition) is 2. The Hall–Kier alpha value is -1.81. The molecule has 0 bridgehead atoms. The quantitative estimate of drug-likeness (QED) is 0.292. The van der Waals surface area contributed by atoms with Crippen molar-refractivity contribution >= 4 is 29.9 Å². The Labute approximate surface area is 192 Å². The Bertz CT molecular complexity index is 807. The number of nitrogens with zero attached hydrogens (tertiary/aromatic N) is 1. The molecule has 1 aliphatic carbocycles. The zero-order chi connectivity index (χ0) is 20.7. The number of hydrogen-bond acceptors (Lipinski definition) is 2. The molecule has 1 aliphatic rings. The van der Waals surface area contributed by atoms with Crippen LogP contribution in [0, 0.1) is 0 Å². The van der Waals surface area contributed by atoms with Crippen molar-refractivity contribution < 1.29 is 17.9 Å². The molecule has 30 heavy (non-hydrogen) atoms. The molecule has 8 heteroatoms. The molecule has 2 N–H and O–H groups in total. The van der Waals surface area contributed by atoms with Gasteiger partial charge in [0.15, 0.2) is 5.96 Å². The van der Waals surface area contributed by atoms with Gasteiger partial charge in [-0.2, -0.15) is 13.2 Å². The first kappa shape index (κ1) is 24.5. The van der Waals surface area contributed by atoms with Crippen LogP contribution in [0.4, 0.5) is 13.2 Å². The topological polar surface area (TPSA) is 45.7 Å². The zero-order valence-corrected chi connectivity index (χ0v) is 19.2. The summed E-state index contributed by atoms with van der Waals surface area (Å²) in [6.45, 7) is 0.106. The predicted octanol–water partition coefficient (Wildman–Crippen LogP) is 4.78. The largest absolute Gasteiger partial charge is 0.411 e. The molecule has 2 aromatic carbocycles. The molecule has 2 aromatic rings. The summed E-state index contributed by atoms with van der Waals surface area (Å²) >= 11 is 0. The lowest BCUT2D eigenvalue weighted by Gasteiger charge is -2.19. The highest BCUT2D eigenvalue weighted by molar-refractivity contribution is 14.0. The second-order valence-electron chi connectivity index (χ2n) is 7.35. The lowest BCUT2D eigenvalue weighted by Crippen LogP contribution is -2.40. The SMILES string of the molecule is CN=C(NCc1ccc(COCC(F)(F)F)cc1)NCC1(c2ccccc2)CC1.I. The van der Waals surface area contributed by atoms with Gasteiger partial charge in [0.1, 0.15) is 6.61 Å². The van der Waals surface area contributed by atoms with E-state index in [2.05, 4.69) is 44.6 Å². The Kier molecular flexibility index (Phi) is 8.96. The highest BCUT2D eigenvalue weighted by Crippen LogP contribution is 2.47. The van der Waals surface area contributed by atoms with E-state index in [0.717, 1.165) is 18.1 Å². The van der Waals surface area contributed by atoms with E-state index in [4.69, 9.17) is 0 Å². The van der Waals surface area contributed by atoms with Crippen LogP contribution in [0.2, 0.25) is 0 Å². The van der Waals surface area contributed by atoms with E-state index in [-0.39, 0.29) is 36.0 Å². The predicted molar refractivity (Wildman–Crippen MR) is 123 cm³/mol. The summed E-state index contributed by atoms with van der Waals surface area (Å²) in [5.41, 5.74) is 3.26. The van der Waals surface area contributed by atoms with Gasteiger partial charge in [0.05, 0.1) is 6.61 Å². The van der Waals surface area contributed by atoms with Gasteiger partial charge < -0.3 is 15.4 Å². The van der Waals surface area contributed by atoms with Crippen molar-refractivity contribution in [3.05, 3.63) is 71.3 Å². The van der Waals surface area contributed by atoms with Gasteiger partial charge in [-0.3, -0.25) is 4.99 Å². The molecule has 0 aliphatic heterocycles. The van der Waals surface area contributed by atoms with E-state index in [1.165, 1.54) is 18.4 Å². The molecule has 0 saturated heterocycles. The summed E-state index contributed by atoms with van der Waals surface area (Å²) in [5.74, 6) is 0.727. The molecule has 0 spiro atoms. The molecule has 0 amide bonds. The first-order valence-electron chi connectivity index (χ1n) is 9.63. The van der Waals surface area contributed by atoms with Crippen LogP contribution < -0.4 is 10.6 Å². The number of halogens is 4. The van der Waals surface area contributed by atoms with Crippen LogP contribution in [0.1, 0.15) is 29.5 Å². The van der Waals surface area contributed by atoms with Crippen molar-refractivity contribution in [2.45, 2.75) is 37.6 Å². The minimum absolute atomic E-state index is 0. The van der Waals surface area contributed by atoms with Gasteiger partial charge in [-0.15, -0.1) is 24.0 Å². The van der Waals surface area contributed by atoms with Crippen LogP contribution in [0.25, 0.3) is 0 Å². The van der Waals surface area contributed by atoms with E-state index in [1.807, 2.05) is 18.2 Å². The van der Waals surface area contributed by atoms with Gasteiger partial charge >= 0.3 is 6.18 Å². The molecule has 0 radical (unpaired) electrons. The fourth-order valence-electron chi connectivity index (χ4n) is 3.21. The molecule has 0 atom stereocenters. The fraction of sp³-hybridized carbons (Fsp3) is 0.409. The van der Waals surface area contributed by atoms with Crippen molar-refractivity contribution in [2.24, 2.45) is 4.99 Å². The van der Waals surface area contributed by atoms with Gasteiger partial charge in [0.2, 0.25) is 0 Å². The maximum atomic E-state index is 12.1. The molecule has 4 nitrogen and oxygen atoms in total. The van der Waals surface area contributed by atoms with Crippen LogP contribution in [0.5, 0.6) is 0 Å². The van der Waals surface area contributed by atoms with Crippen molar-refractivity contribution in [1.82, 2.24) is 10.6 Å². The van der Waals surface area contributed by atoms with Crippen LogP contribution >= 0.6 is 24.0 Å². The molecule has 164 valence electrons. The smallest absolute Gasteiger partial charge is 0.367 e. The molecule has 3 rings (SSSR count). The number of benzene rings is 2. The zero-order valence-electron chi connectivity index (χ0n) is 16.8. The van der Waals surface area contributed by atoms with E-state index >= 15 is 0 Å². The van der Waals surface area contributed by atoms with Crippen LogP contribution in [0.15, 0.2) is 59.6 Å². The molecule has 1 saturated carbocycles. The second kappa shape index (κ2) is 11.0. The molecule has 0 unspecified atom stereocenters. The second-order valence-corrected chi connectivity index (χ2v) is 7.35. The van der Waals surface area contributed by atoms with Crippen molar-refractivity contribution in [3.8, 4) is 0 Å². The summed E-state index contributed by atoms with van der Waals surface area (Å²) in [5, 5.41) is 6.69. The molecule has 1 fully saturated rings. The van der Waals surface area contributed by atoms with Gasteiger partial charge in [-0.1, -0.05) is 54.6 Å². The van der Waals surface area contributed by atoms with Crippen molar-refractivity contribution in [3.63, 3.8) is 0 Å². The van der Waals surface area contributed by atoms with E-state index in [9.17, 15) is 13.2 Å². The summed E-state index contributed by atoms with van der Waals surface area (Å²) in [6, 6.07) is 17.8. The molecular weight excluding hydrogens is 506 g/mol. The standard InChI is InChI=1S/C22H26F3N3O.HI/c1-26-20(28-15-21(11-12-21)19-5-3-2-4-6-19)27-13-17-7-9-18(10-8-17)14-29-16-22(23,24)25;/h2-10H,11-16H2,1H3,(H2,26,27,28);1H. The third-order valence-electron chi connectivity index (χ3n) is 5.07. The van der Waals surface area contributed by atoms with Gasteiger partial charge in [0.25, 0.3) is 0 Å². The van der Waals surface area contributed by atoms with Gasteiger partial charge in [0, 0.05) is 25.6 Å². The third-order valence-corrected chi connectivity index (χ3v) is 5.07. The van der Waals surface area contributed by atoms with E-state index in [1.54, 1.807) is 19.2 Å². The Morgan fingerprint density at radius 3 is 2.20 bits per heavy atom. The maximum Gasteiger partial charge on any atom is 0.411 e. The average Bonchev–Trinajstić information content (AvgIpc) is 3.50. The van der Waals surface area contributed by atoms with Crippen LogP contribution in [0.3, 0.4) is 0 Å². The number of guanidine groups is 1. The van der Waals surface area contributed by atoms with Crippen LogP contribution in [-0.4, -0.2) is 32.3 Å². The Balaban J connectivity index is 0.00000320. The highest BCUT2D eigenvalue weighted by Gasteiger charge is 2.43. The Morgan fingerprint density at radius 1 is 1.00 bits per heavy atom. The number of alkyl halides is 3. The van der Waals surface area contributed by atoms with E-state index in [0.29, 0.717) is 12.1 Å². The molecular formula is C22H27F3IN3O. The van der Waals surface area contributed by atoms with Gasteiger partial charge in [-0.25, -0.2) is 0 Å². The van der Waals surface area contributed by atoms with Crippen molar-refractivity contribution in [1.29, 1.82) is 0 Å². The summed E-state index contributed by atoms with van der Waals surface area (Å²) in [6.07, 6.45) is -1.97. The van der Waals surface area contributed by atoms with Gasteiger partial charge in [-0.05, 0) is 29.5 Å². The normalized spacial score (nSPS) is 15.3. The number of nitrogens with one attached hydrogen (secondary N) is 2. The highest BCUT2D eigenvalue weighted by atomic mass is 127. The average molecular weight is 533 g/mol. The summed E-state index contributed by atoms with van der Waals surface area (Å²) < 4.78 is 41.0. The summed E-state index contributed by atoms with van der Waals surface area (Å²) in [4.78, 5) is 4.28. The monoisotopic (exact) mass is 533 g/mol. The van der Waals surface area contributed by atoms with Crippen LogP contribution in [-0.2, 0) is 23.3 Å². The number of aliphatic imine (C=N–C) groups is 1. The Morgan fingerprint density at radius 2 is 1.63 bits per heavy atom. The first-order valence-corrected chi connectivity index (χ1v) is 9.63. The lowest BCUT2D eigenvalue weighted by atomic mass is 9.96. The minimum Gasteiger partial charge on any atom is -0.367 e. The lowest BCUT2D eigenvalue weighted by molar-refractivity contribution is -0.176. The molecule has 0 aromatic heterocycles. The van der Waals surface area contributed by atoms with E-state index < -0.39 is 12.8 Å². The molecule has 0 heterocycles. The fourth-order valence-corrected chi connectivity index (χ4v) is 3.21. The minimum atomic E-state index is -4.30.